The molecular weight excluding hydrogens is 234 g/mol. The molecule has 1 aromatic heterocycles. The molecule has 1 heterocycles. The van der Waals surface area contributed by atoms with Gasteiger partial charge in [0.25, 0.3) is 5.91 Å². The lowest BCUT2D eigenvalue weighted by Gasteiger charge is -2.03. The Morgan fingerprint density at radius 1 is 1.22 bits per heavy atom. The van der Waals surface area contributed by atoms with Gasteiger partial charge in [-0.2, -0.15) is 0 Å². The van der Waals surface area contributed by atoms with Crippen molar-refractivity contribution in [2.24, 2.45) is 0 Å². The van der Waals surface area contributed by atoms with E-state index in [2.05, 4.69) is 25.8 Å². The van der Waals surface area contributed by atoms with Crippen LogP contribution < -0.4 is 10.6 Å². The summed E-state index contributed by atoms with van der Waals surface area (Å²) in [5.74, 6) is 0.345. The third-order valence-electron chi connectivity index (χ3n) is 2.28. The van der Waals surface area contributed by atoms with Crippen molar-refractivity contribution in [2.75, 3.05) is 13.1 Å². The Labute approximate surface area is 106 Å². The molecule has 0 unspecified atom stereocenters. The van der Waals surface area contributed by atoms with E-state index in [0.29, 0.717) is 18.8 Å². The van der Waals surface area contributed by atoms with Crippen LogP contribution in [0, 0.1) is 0 Å². The van der Waals surface area contributed by atoms with E-state index < -0.39 is 0 Å². The van der Waals surface area contributed by atoms with Gasteiger partial charge in [-0.1, -0.05) is 13.8 Å². The van der Waals surface area contributed by atoms with Crippen LogP contribution in [0.3, 0.4) is 0 Å². The number of hydrogen-bond acceptors (Lipinski definition) is 4. The van der Waals surface area contributed by atoms with Gasteiger partial charge in [0.05, 0.1) is 0 Å². The Kier molecular flexibility index (Phi) is 5.83. The third-order valence-corrected chi connectivity index (χ3v) is 2.28. The lowest BCUT2D eigenvalue weighted by molar-refractivity contribution is -0.120. The number of carbonyl (C=O) groups excluding carboxylic acids is 2. The quantitative estimate of drug-likeness (QED) is 0.637. The van der Waals surface area contributed by atoms with Crippen molar-refractivity contribution in [3.63, 3.8) is 0 Å². The van der Waals surface area contributed by atoms with Gasteiger partial charge in [0.1, 0.15) is 5.82 Å². The van der Waals surface area contributed by atoms with Gasteiger partial charge < -0.3 is 10.6 Å². The summed E-state index contributed by atoms with van der Waals surface area (Å²) in [6.45, 7) is 4.84. The Balaban J connectivity index is 2.26. The summed E-state index contributed by atoms with van der Waals surface area (Å²) < 4.78 is 0. The van der Waals surface area contributed by atoms with Gasteiger partial charge >= 0.3 is 0 Å². The van der Waals surface area contributed by atoms with Crippen LogP contribution in [0.5, 0.6) is 0 Å². The highest BCUT2D eigenvalue weighted by molar-refractivity contribution is 5.90. The van der Waals surface area contributed by atoms with Crippen molar-refractivity contribution in [2.45, 2.75) is 33.1 Å². The minimum atomic E-state index is -0.366. The molecule has 0 saturated carbocycles. The predicted molar refractivity (Wildman–Crippen MR) is 66.0 cm³/mol. The van der Waals surface area contributed by atoms with E-state index >= 15 is 0 Å². The standard InChI is InChI=1S/C11H19N5O2/c1-3-6-12-9(17)5-7-13-11(18)10-14-8(4-2)15-16-10/h3-7H2,1-2H3,(H,12,17)(H,13,18)(H,14,15,16). The first-order valence-corrected chi connectivity index (χ1v) is 6.13. The van der Waals surface area contributed by atoms with Crippen molar-refractivity contribution in [3.05, 3.63) is 11.6 Å². The summed E-state index contributed by atoms with van der Waals surface area (Å²) in [4.78, 5) is 26.8. The monoisotopic (exact) mass is 253 g/mol. The molecule has 0 aromatic carbocycles. The molecule has 7 nitrogen and oxygen atoms in total. The summed E-state index contributed by atoms with van der Waals surface area (Å²) in [6.07, 6.45) is 1.85. The molecule has 3 N–H and O–H groups in total. The molecule has 0 radical (unpaired) electrons. The predicted octanol–water partition coefficient (Wildman–Crippen LogP) is 0.0132. The maximum atomic E-state index is 11.6. The van der Waals surface area contributed by atoms with E-state index in [1.807, 2.05) is 13.8 Å². The van der Waals surface area contributed by atoms with Crippen LogP contribution >= 0.6 is 0 Å². The third kappa shape index (κ3) is 4.52. The fourth-order valence-corrected chi connectivity index (χ4v) is 1.28. The van der Waals surface area contributed by atoms with Crippen LogP contribution in [0.15, 0.2) is 0 Å². The number of aryl methyl sites for hydroxylation is 1. The normalized spacial score (nSPS) is 10.1. The highest BCUT2D eigenvalue weighted by atomic mass is 16.2. The molecule has 7 heteroatoms. The second-order valence-electron chi connectivity index (χ2n) is 3.82. The number of carbonyl (C=O) groups is 2. The molecule has 0 aliphatic carbocycles. The molecule has 0 bridgehead atoms. The van der Waals surface area contributed by atoms with Crippen LogP contribution in [-0.4, -0.2) is 40.1 Å². The zero-order valence-corrected chi connectivity index (χ0v) is 10.7. The van der Waals surface area contributed by atoms with E-state index in [9.17, 15) is 9.59 Å². The number of nitrogens with zero attached hydrogens (tertiary/aromatic N) is 2. The fraction of sp³-hybridized carbons (Fsp3) is 0.636. The topological polar surface area (TPSA) is 99.8 Å². The Hall–Kier alpha value is -1.92. The Morgan fingerprint density at radius 2 is 2.00 bits per heavy atom. The SMILES string of the molecule is CCCNC(=O)CCNC(=O)c1n[nH]c(CC)n1. The minimum Gasteiger partial charge on any atom is -0.356 e. The zero-order chi connectivity index (χ0) is 13.4. The Morgan fingerprint density at radius 3 is 2.61 bits per heavy atom. The average molecular weight is 253 g/mol. The summed E-state index contributed by atoms with van der Waals surface area (Å²) in [5, 5.41) is 11.8. The lowest BCUT2D eigenvalue weighted by atomic mass is 10.3. The van der Waals surface area contributed by atoms with Crippen LogP contribution in [0.2, 0.25) is 0 Å². The largest absolute Gasteiger partial charge is 0.356 e. The van der Waals surface area contributed by atoms with Crippen LogP contribution in [0.25, 0.3) is 0 Å². The maximum absolute atomic E-state index is 11.6. The summed E-state index contributed by atoms with van der Waals surface area (Å²) in [5.41, 5.74) is 0. The highest BCUT2D eigenvalue weighted by Crippen LogP contribution is 1.93. The molecule has 2 amide bonds. The van der Waals surface area contributed by atoms with Gasteiger partial charge in [-0.25, -0.2) is 4.98 Å². The smallest absolute Gasteiger partial charge is 0.290 e. The van der Waals surface area contributed by atoms with Crippen molar-refractivity contribution in [3.8, 4) is 0 Å². The van der Waals surface area contributed by atoms with Crippen molar-refractivity contribution in [1.29, 1.82) is 0 Å². The second-order valence-corrected chi connectivity index (χ2v) is 3.82. The molecule has 1 aromatic rings. The summed E-state index contributed by atoms with van der Waals surface area (Å²) in [6, 6.07) is 0. The van der Waals surface area contributed by atoms with Crippen molar-refractivity contribution < 1.29 is 9.59 Å². The van der Waals surface area contributed by atoms with Crippen LogP contribution in [0.1, 0.15) is 43.1 Å². The minimum absolute atomic E-state index is 0.0682. The van der Waals surface area contributed by atoms with E-state index in [1.165, 1.54) is 0 Å². The van der Waals surface area contributed by atoms with E-state index in [4.69, 9.17) is 0 Å². The van der Waals surface area contributed by atoms with E-state index in [1.54, 1.807) is 0 Å². The molecule has 0 fully saturated rings. The van der Waals surface area contributed by atoms with E-state index in [0.717, 1.165) is 6.42 Å². The number of rotatable bonds is 7. The molecule has 0 aliphatic rings. The number of aromatic nitrogens is 3. The van der Waals surface area contributed by atoms with E-state index in [-0.39, 0.29) is 30.6 Å². The van der Waals surface area contributed by atoms with Gasteiger partial charge in [-0.3, -0.25) is 14.7 Å². The number of H-pyrrole nitrogens is 1. The van der Waals surface area contributed by atoms with Gasteiger partial charge in [-0.05, 0) is 6.42 Å². The molecule has 0 spiro atoms. The Bertz CT molecular complexity index is 402. The molecule has 0 saturated heterocycles. The number of hydrogen-bond donors (Lipinski definition) is 3. The van der Waals surface area contributed by atoms with Crippen LogP contribution in [0.4, 0.5) is 0 Å². The van der Waals surface area contributed by atoms with Crippen molar-refractivity contribution in [1.82, 2.24) is 25.8 Å². The first-order valence-electron chi connectivity index (χ1n) is 6.13. The van der Waals surface area contributed by atoms with Gasteiger partial charge in [-0.15, -0.1) is 5.10 Å². The summed E-state index contributed by atoms with van der Waals surface area (Å²) >= 11 is 0. The number of nitrogens with one attached hydrogen (secondary N) is 3. The fourth-order valence-electron chi connectivity index (χ4n) is 1.28. The zero-order valence-electron chi connectivity index (χ0n) is 10.7. The van der Waals surface area contributed by atoms with Crippen LogP contribution in [-0.2, 0) is 11.2 Å². The highest BCUT2D eigenvalue weighted by Gasteiger charge is 2.11. The maximum Gasteiger partial charge on any atom is 0.290 e. The number of aromatic amines is 1. The molecular formula is C11H19N5O2. The summed E-state index contributed by atoms with van der Waals surface area (Å²) in [7, 11) is 0. The van der Waals surface area contributed by atoms with Gasteiger partial charge in [0.15, 0.2) is 0 Å². The number of amides is 2. The molecule has 0 aliphatic heterocycles. The first-order chi connectivity index (χ1) is 8.67. The molecule has 18 heavy (non-hydrogen) atoms. The molecule has 100 valence electrons. The lowest BCUT2D eigenvalue weighted by Crippen LogP contribution is -2.31. The van der Waals surface area contributed by atoms with Gasteiger partial charge in [0.2, 0.25) is 11.7 Å². The first kappa shape index (κ1) is 14.1. The average Bonchev–Trinajstić information content (AvgIpc) is 2.85. The molecule has 0 atom stereocenters. The van der Waals surface area contributed by atoms with Gasteiger partial charge in [0, 0.05) is 25.9 Å². The van der Waals surface area contributed by atoms with Crippen molar-refractivity contribution >= 4 is 11.8 Å². The second kappa shape index (κ2) is 7.41. The molecule has 1 rings (SSSR count).